The molecule has 0 atom stereocenters. The molecule has 0 saturated carbocycles. The third-order valence-electron chi connectivity index (χ3n) is 3.45. The second-order valence-electron chi connectivity index (χ2n) is 5.53. The van der Waals surface area contributed by atoms with E-state index in [1.807, 2.05) is 0 Å². The summed E-state index contributed by atoms with van der Waals surface area (Å²) in [5.74, 6) is -3.67. The molecule has 0 aliphatic carbocycles. The summed E-state index contributed by atoms with van der Waals surface area (Å²) < 4.78 is 40.4. The Bertz CT molecular complexity index is 767. The Morgan fingerprint density at radius 2 is 1.83 bits per heavy atom. The normalized spacial score (nSPS) is 10.6. The van der Waals surface area contributed by atoms with Gasteiger partial charge in [0.15, 0.2) is 11.6 Å². The molecule has 0 spiro atoms. The van der Waals surface area contributed by atoms with Crippen molar-refractivity contribution in [3.8, 4) is 0 Å². The maximum atomic E-state index is 13.5. The van der Waals surface area contributed by atoms with Gasteiger partial charge in [-0.1, -0.05) is 17.6 Å². The SMILES string of the molecule is Bc1cc(F)cc(C(=O)N(C)Cc2cc(F)c(F)c(B(O)O)c2)c1. The second-order valence-corrected chi connectivity index (χ2v) is 5.53. The Kier molecular flexibility index (Phi) is 5.36. The van der Waals surface area contributed by atoms with E-state index in [-0.39, 0.29) is 17.7 Å². The van der Waals surface area contributed by atoms with Crippen molar-refractivity contribution in [2.45, 2.75) is 6.54 Å². The number of hydrogen-bond acceptors (Lipinski definition) is 3. The molecule has 2 aromatic carbocycles. The minimum absolute atomic E-state index is 0.120. The van der Waals surface area contributed by atoms with Crippen LogP contribution in [0.5, 0.6) is 0 Å². The molecule has 0 heterocycles. The topological polar surface area (TPSA) is 60.8 Å². The van der Waals surface area contributed by atoms with Crippen molar-refractivity contribution in [2.24, 2.45) is 0 Å². The molecule has 0 aliphatic rings. The highest BCUT2D eigenvalue weighted by molar-refractivity contribution is 6.58. The lowest BCUT2D eigenvalue weighted by Gasteiger charge is -2.18. The molecular weight excluding hydrogens is 321 g/mol. The zero-order valence-corrected chi connectivity index (χ0v) is 13.1. The molecule has 2 rings (SSSR count). The zero-order chi connectivity index (χ0) is 18.0. The average Bonchev–Trinajstić information content (AvgIpc) is 2.48. The minimum atomic E-state index is -2.17. The first kappa shape index (κ1) is 18.1. The van der Waals surface area contributed by atoms with E-state index >= 15 is 0 Å². The first-order valence-electron chi connectivity index (χ1n) is 7.05. The van der Waals surface area contributed by atoms with Gasteiger partial charge in [-0.25, -0.2) is 13.2 Å². The summed E-state index contributed by atoms with van der Waals surface area (Å²) in [6.07, 6.45) is 0. The van der Waals surface area contributed by atoms with Crippen molar-refractivity contribution in [1.29, 1.82) is 0 Å². The summed E-state index contributed by atoms with van der Waals surface area (Å²) in [5, 5.41) is 18.1. The van der Waals surface area contributed by atoms with Crippen LogP contribution in [0.4, 0.5) is 13.2 Å². The number of halogens is 3. The van der Waals surface area contributed by atoms with Gasteiger partial charge >= 0.3 is 7.12 Å². The van der Waals surface area contributed by atoms with Crippen molar-refractivity contribution >= 4 is 31.8 Å². The lowest BCUT2D eigenvalue weighted by Crippen LogP contribution is -2.35. The van der Waals surface area contributed by atoms with E-state index in [9.17, 15) is 18.0 Å². The highest BCUT2D eigenvalue weighted by Crippen LogP contribution is 2.12. The molecule has 0 fully saturated rings. The Hall–Kier alpha value is -2.25. The molecule has 24 heavy (non-hydrogen) atoms. The van der Waals surface area contributed by atoms with Crippen LogP contribution >= 0.6 is 0 Å². The second kappa shape index (κ2) is 7.11. The number of nitrogens with zero attached hydrogens (tertiary/aromatic N) is 1. The number of amides is 1. The van der Waals surface area contributed by atoms with Crippen LogP contribution in [0.25, 0.3) is 0 Å². The lowest BCUT2D eigenvalue weighted by atomic mass is 9.79. The highest BCUT2D eigenvalue weighted by atomic mass is 19.2. The lowest BCUT2D eigenvalue weighted by molar-refractivity contribution is 0.0784. The number of rotatable bonds is 4. The number of benzene rings is 2. The van der Waals surface area contributed by atoms with Crippen molar-refractivity contribution in [3.05, 3.63) is 58.9 Å². The quantitative estimate of drug-likeness (QED) is 0.728. The molecular formula is C15H14B2F3NO3. The fraction of sp³-hybridized carbons (Fsp3) is 0.133. The van der Waals surface area contributed by atoms with Gasteiger partial charge in [0.2, 0.25) is 0 Å². The van der Waals surface area contributed by atoms with Gasteiger partial charge in [-0.15, -0.1) is 0 Å². The zero-order valence-electron chi connectivity index (χ0n) is 13.1. The van der Waals surface area contributed by atoms with Gasteiger partial charge in [0.05, 0.1) is 0 Å². The molecule has 9 heteroatoms. The molecule has 124 valence electrons. The summed E-state index contributed by atoms with van der Waals surface area (Å²) in [4.78, 5) is 13.5. The molecule has 2 aromatic rings. The number of hydrogen-bond donors (Lipinski definition) is 2. The third-order valence-corrected chi connectivity index (χ3v) is 3.45. The van der Waals surface area contributed by atoms with Crippen molar-refractivity contribution < 1.29 is 28.0 Å². The highest BCUT2D eigenvalue weighted by Gasteiger charge is 2.22. The monoisotopic (exact) mass is 335 g/mol. The maximum Gasteiger partial charge on any atom is 0.491 e. The molecule has 2 N–H and O–H groups in total. The van der Waals surface area contributed by atoms with Gasteiger partial charge < -0.3 is 14.9 Å². The summed E-state index contributed by atoms with van der Waals surface area (Å²) in [7, 11) is 0.884. The van der Waals surface area contributed by atoms with E-state index in [1.54, 1.807) is 7.85 Å². The van der Waals surface area contributed by atoms with Crippen LogP contribution in [-0.2, 0) is 6.54 Å². The Morgan fingerprint density at radius 1 is 1.17 bits per heavy atom. The van der Waals surface area contributed by atoms with Crippen LogP contribution in [-0.4, -0.2) is 42.9 Å². The molecule has 0 radical (unpaired) electrons. The van der Waals surface area contributed by atoms with E-state index < -0.39 is 35.9 Å². The molecule has 0 unspecified atom stereocenters. The van der Waals surface area contributed by atoms with Crippen LogP contribution in [0.2, 0.25) is 0 Å². The summed E-state index contributed by atoms with van der Waals surface area (Å²) in [5.41, 5.74) is 0.249. The maximum absolute atomic E-state index is 13.5. The summed E-state index contributed by atoms with van der Waals surface area (Å²) in [6, 6.07) is 5.79. The molecule has 0 aliphatic heterocycles. The predicted molar refractivity (Wildman–Crippen MR) is 86.6 cm³/mol. The fourth-order valence-electron chi connectivity index (χ4n) is 2.37. The third kappa shape index (κ3) is 3.98. The first-order valence-corrected chi connectivity index (χ1v) is 7.05. The molecule has 4 nitrogen and oxygen atoms in total. The van der Waals surface area contributed by atoms with Crippen molar-refractivity contribution in [1.82, 2.24) is 4.90 Å². The fourth-order valence-corrected chi connectivity index (χ4v) is 2.37. The van der Waals surface area contributed by atoms with Gasteiger partial charge in [-0.2, -0.15) is 0 Å². The first-order chi connectivity index (χ1) is 11.2. The van der Waals surface area contributed by atoms with E-state index in [4.69, 9.17) is 10.0 Å². The van der Waals surface area contributed by atoms with Gasteiger partial charge in [-0.3, -0.25) is 4.79 Å². The summed E-state index contributed by atoms with van der Waals surface area (Å²) >= 11 is 0. The predicted octanol–water partition coefficient (Wildman–Crippen LogP) is -0.686. The van der Waals surface area contributed by atoms with Crippen molar-refractivity contribution in [2.75, 3.05) is 7.05 Å². The Labute approximate surface area is 138 Å². The van der Waals surface area contributed by atoms with Gasteiger partial charge in [0.1, 0.15) is 13.7 Å². The van der Waals surface area contributed by atoms with E-state index in [0.717, 1.165) is 18.2 Å². The smallest absolute Gasteiger partial charge is 0.423 e. The van der Waals surface area contributed by atoms with E-state index in [1.165, 1.54) is 24.1 Å². The van der Waals surface area contributed by atoms with E-state index in [0.29, 0.717) is 5.46 Å². The molecule has 0 bridgehead atoms. The molecule has 0 saturated heterocycles. The Morgan fingerprint density at radius 3 is 2.42 bits per heavy atom. The largest absolute Gasteiger partial charge is 0.491 e. The summed E-state index contributed by atoms with van der Waals surface area (Å²) in [6.45, 7) is -0.120. The van der Waals surface area contributed by atoms with Crippen LogP contribution in [0.3, 0.4) is 0 Å². The van der Waals surface area contributed by atoms with Crippen LogP contribution < -0.4 is 10.9 Å². The molecule has 1 amide bonds. The van der Waals surface area contributed by atoms with Gasteiger partial charge in [-0.05, 0) is 23.8 Å². The Balaban J connectivity index is 2.26. The number of carbonyl (C=O) groups excluding carboxylic acids is 1. The van der Waals surface area contributed by atoms with Crippen LogP contribution in [0, 0.1) is 17.5 Å². The average molecular weight is 335 g/mol. The van der Waals surface area contributed by atoms with Crippen LogP contribution in [0.15, 0.2) is 30.3 Å². The molecule has 0 aromatic heterocycles. The minimum Gasteiger partial charge on any atom is -0.423 e. The van der Waals surface area contributed by atoms with E-state index in [2.05, 4.69) is 0 Å². The van der Waals surface area contributed by atoms with Crippen molar-refractivity contribution in [3.63, 3.8) is 0 Å². The van der Waals surface area contributed by atoms with Gasteiger partial charge in [0.25, 0.3) is 5.91 Å². The standard InChI is InChI=1S/C15H14B2F3NO3/c1-21(15(22)9-4-10(16)6-11(18)5-9)7-8-2-12(17(23)24)14(20)13(19)3-8/h2-6,23-24H,7,16H2,1H3. The van der Waals surface area contributed by atoms with Gasteiger partial charge in [0, 0.05) is 24.6 Å². The number of carbonyl (C=O) groups is 1. The van der Waals surface area contributed by atoms with Crippen LogP contribution in [0.1, 0.15) is 15.9 Å².